The van der Waals surface area contributed by atoms with Crippen molar-refractivity contribution in [3.8, 4) is 5.75 Å². The van der Waals surface area contributed by atoms with Gasteiger partial charge in [-0.15, -0.1) is 0 Å². The van der Waals surface area contributed by atoms with E-state index in [0.717, 1.165) is 22.6 Å². The summed E-state index contributed by atoms with van der Waals surface area (Å²) in [4.78, 5) is 26.4. The van der Waals surface area contributed by atoms with Crippen LogP contribution in [0, 0.1) is 5.92 Å². The summed E-state index contributed by atoms with van der Waals surface area (Å²) >= 11 is 0. The molecule has 2 unspecified atom stereocenters. The predicted molar refractivity (Wildman–Crippen MR) is 141 cm³/mol. The minimum atomic E-state index is -0.297. The molecule has 0 aromatic heterocycles. The Bertz CT molecular complexity index is 1020. The number of carbonyl (C=O) groups excluding carboxylic acids is 2. The van der Waals surface area contributed by atoms with Crippen LogP contribution in [-0.2, 0) is 20.9 Å². The van der Waals surface area contributed by atoms with E-state index in [0.29, 0.717) is 13.0 Å². The minimum absolute atomic E-state index is 0.0320. The second-order valence-corrected chi connectivity index (χ2v) is 7.55. The lowest BCUT2D eigenvalue weighted by Crippen LogP contribution is -2.55. The molecule has 0 saturated carbocycles. The minimum Gasteiger partial charge on any atom is -0.489 e. The number of hydrogen-bond donors (Lipinski definition) is 0. The van der Waals surface area contributed by atoms with Gasteiger partial charge in [-0.3, -0.25) is 9.59 Å². The van der Waals surface area contributed by atoms with E-state index in [4.69, 9.17) is 9.47 Å². The van der Waals surface area contributed by atoms with E-state index in [1.807, 2.05) is 118 Å². The lowest BCUT2D eigenvalue weighted by Gasteiger charge is -2.47. The third-order valence-corrected chi connectivity index (χ3v) is 5.61. The molecule has 0 spiro atoms. The zero-order valence-corrected chi connectivity index (χ0v) is 21.4. The molecule has 0 aliphatic carbocycles. The van der Waals surface area contributed by atoms with Crippen molar-refractivity contribution in [3.63, 3.8) is 0 Å². The third-order valence-electron chi connectivity index (χ3n) is 5.61. The molecule has 35 heavy (non-hydrogen) atoms. The first-order valence-electron chi connectivity index (χ1n) is 12.4. The van der Waals surface area contributed by atoms with Crippen LogP contribution in [0.3, 0.4) is 0 Å². The van der Waals surface area contributed by atoms with Crippen molar-refractivity contribution < 1.29 is 19.1 Å². The van der Waals surface area contributed by atoms with Crippen molar-refractivity contribution >= 4 is 17.6 Å². The van der Waals surface area contributed by atoms with E-state index in [1.165, 1.54) is 7.11 Å². The third kappa shape index (κ3) is 7.19. The Kier molecular flexibility index (Phi) is 11.5. The summed E-state index contributed by atoms with van der Waals surface area (Å²) in [6.45, 7) is 8.50. The molecule has 0 radical (unpaired) electrons. The van der Waals surface area contributed by atoms with Crippen molar-refractivity contribution in [2.75, 3.05) is 12.0 Å². The van der Waals surface area contributed by atoms with E-state index in [-0.39, 0.29) is 30.3 Å². The first-order chi connectivity index (χ1) is 17.2. The number of para-hydroxylation sites is 1. The molecule has 2 atom stereocenters. The predicted octanol–water partition coefficient (Wildman–Crippen LogP) is 6.98. The fraction of sp³-hybridized carbons (Fsp3) is 0.333. The number of esters is 1. The molecule has 186 valence electrons. The number of carbonyl (C=O) groups is 2. The zero-order valence-electron chi connectivity index (χ0n) is 21.4. The Morgan fingerprint density at radius 3 is 1.97 bits per heavy atom. The standard InChI is InChI=1S/C26H25NO4.2C2H6/c1-30-24(28)17-16-23-25(27(26(23)29)21-10-6-3-7-11-21)20-12-14-22(15-13-20)31-18-19-8-4-2-5-9-19;2*1-2/h2-15,23,25H,16-18H2,1H3;2*1-2H3. The van der Waals surface area contributed by atoms with Gasteiger partial charge < -0.3 is 14.4 Å². The fourth-order valence-corrected chi connectivity index (χ4v) is 3.97. The summed E-state index contributed by atoms with van der Waals surface area (Å²) < 4.78 is 10.6. The molecule has 1 saturated heterocycles. The molecule has 1 heterocycles. The lowest BCUT2D eigenvalue weighted by atomic mass is 9.79. The van der Waals surface area contributed by atoms with Crippen LogP contribution in [0.1, 0.15) is 57.7 Å². The van der Waals surface area contributed by atoms with Gasteiger partial charge in [0.2, 0.25) is 5.91 Å². The molecule has 1 amide bonds. The van der Waals surface area contributed by atoms with Crippen LogP contribution in [0.5, 0.6) is 5.75 Å². The Labute approximate surface area is 209 Å². The van der Waals surface area contributed by atoms with Gasteiger partial charge in [0.25, 0.3) is 0 Å². The fourth-order valence-electron chi connectivity index (χ4n) is 3.97. The van der Waals surface area contributed by atoms with Gasteiger partial charge in [-0.2, -0.15) is 0 Å². The maximum absolute atomic E-state index is 12.9. The van der Waals surface area contributed by atoms with Gasteiger partial charge in [-0.05, 0) is 41.8 Å². The van der Waals surface area contributed by atoms with Crippen LogP contribution >= 0.6 is 0 Å². The van der Waals surface area contributed by atoms with Crippen molar-refractivity contribution in [2.45, 2.75) is 53.2 Å². The number of rotatable bonds is 8. The first kappa shape index (κ1) is 27.6. The second-order valence-electron chi connectivity index (χ2n) is 7.55. The van der Waals surface area contributed by atoms with E-state index in [1.54, 1.807) is 0 Å². The quantitative estimate of drug-likeness (QED) is 0.261. The molecule has 5 heteroatoms. The monoisotopic (exact) mass is 475 g/mol. The van der Waals surface area contributed by atoms with E-state index < -0.39 is 0 Å². The number of amides is 1. The molecule has 1 aliphatic heterocycles. The number of methoxy groups -OCH3 is 1. The Morgan fingerprint density at radius 1 is 0.829 bits per heavy atom. The van der Waals surface area contributed by atoms with Gasteiger partial charge in [0, 0.05) is 12.1 Å². The SMILES string of the molecule is CC.CC.COC(=O)CCC1C(=O)N(c2ccccc2)C1c1ccc(OCc2ccccc2)cc1. The largest absolute Gasteiger partial charge is 0.489 e. The number of anilines is 1. The highest BCUT2D eigenvalue weighted by Crippen LogP contribution is 2.45. The van der Waals surface area contributed by atoms with Crippen LogP contribution in [0.25, 0.3) is 0 Å². The smallest absolute Gasteiger partial charge is 0.305 e. The summed E-state index contributed by atoms with van der Waals surface area (Å²) in [6, 6.07) is 27.4. The summed E-state index contributed by atoms with van der Waals surface area (Å²) in [5, 5.41) is 0. The number of β-lactam (4-membered cyclic amide) rings is 1. The van der Waals surface area contributed by atoms with E-state index in [2.05, 4.69) is 0 Å². The molecule has 3 aromatic carbocycles. The first-order valence-corrected chi connectivity index (χ1v) is 12.4. The van der Waals surface area contributed by atoms with Crippen LogP contribution in [0.2, 0.25) is 0 Å². The molecule has 5 nitrogen and oxygen atoms in total. The van der Waals surface area contributed by atoms with Crippen LogP contribution in [0.15, 0.2) is 84.9 Å². The van der Waals surface area contributed by atoms with Gasteiger partial charge in [-0.1, -0.05) is 88.4 Å². The van der Waals surface area contributed by atoms with Crippen molar-refractivity contribution in [1.82, 2.24) is 0 Å². The van der Waals surface area contributed by atoms with E-state index >= 15 is 0 Å². The van der Waals surface area contributed by atoms with Crippen LogP contribution < -0.4 is 9.64 Å². The number of benzene rings is 3. The molecule has 4 rings (SSSR count). The summed E-state index contributed by atoms with van der Waals surface area (Å²) in [5.74, 6) is 0.255. The zero-order chi connectivity index (χ0) is 25.6. The van der Waals surface area contributed by atoms with Gasteiger partial charge in [0.05, 0.1) is 19.1 Å². The van der Waals surface area contributed by atoms with Gasteiger partial charge in [0.15, 0.2) is 0 Å². The number of ether oxygens (including phenoxy) is 2. The highest BCUT2D eigenvalue weighted by Gasteiger charge is 2.48. The van der Waals surface area contributed by atoms with E-state index in [9.17, 15) is 9.59 Å². The van der Waals surface area contributed by atoms with Crippen molar-refractivity contribution in [1.29, 1.82) is 0 Å². The molecular weight excluding hydrogens is 438 g/mol. The molecule has 0 bridgehead atoms. The molecule has 0 N–H and O–H groups in total. The van der Waals surface area contributed by atoms with Gasteiger partial charge in [-0.25, -0.2) is 0 Å². The number of nitrogens with zero attached hydrogens (tertiary/aromatic N) is 1. The summed E-state index contributed by atoms with van der Waals surface area (Å²) in [7, 11) is 1.37. The molecular formula is C30H37NO4. The Morgan fingerprint density at radius 2 is 1.40 bits per heavy atom. The number of hydrogen-bond acceptors (Lipinski definition) is 4. The topological polar surface area (TPSA) is 55.8 Å². The Hall–Kier alpha value is -3.60. The molecule has 1 fully saturated rings. The highest BCUT2D eigenvalue weighted by atomic mass is 16.5. The molecule has 3 aromatic rings. The van der Waals surface area contributed by atoms with Gasteiger partial charge >= 0.3 is 5.97 Å². The van der Waals surface area contributed by atoms with Crippen molar-refractivity contribution in [3.05, 3.63) is 96.1 Å². The molecule has 1 aliphatic rings. The van der Waals surface area contributed by atoms with Gasteiger partial charge in [0.1, 0.15) is 12.4 Å². The average Bonchev–Trinajstić information content (AvgIpc) is 2.94. The maximum Gasteiger partial charge on any atom is 0.305 e. The second kappa shape index (κ2) is 14.6. The van der Waals surface area contributed by atoms with Crippen molar-refractivity contribution in [2.24, 2.45) is 5.92 Å². The summed E-state index contributed by atoms with van der Waals surface area (Å²) in [6.07, 6.45) is 0.691. The van der Waals surface area contributed by atoms with Crippen LogP contribution in [-0.4, -0.2) is 19.0 Å². The maximum atomic E-state index is 12.9. The highest BCUT2D eigenvalue weighted by molar-refractivity contribution is 6.03. The Balaban J connectivity index is 0.00000103. The van der Waals surface area contributed by atoms with Crippen LogP contribution in [0.4, 0.5) is 5.69 Å². The summed E-state index contributed by atoms with van der Waals surface area (Å²) in [5.41, 5.74) is 2.98. The average molecular weight is 476 g/mol. The lowest BCUT2D eigenvalue weighted by molar-refractivity contribution is -0.141. The normalized spacial score (nSPS) is 16.0.